The van der Waals surface area contributed by atoms with E-state index in [4.69, 9.17) is 10.5 Å². The molecule has 0 atom stereocenters. The first-order valence-corrected chi connectivity index (χ1v) is 8.15. The molecule has 2 nitrogen and oxygen atoms in total. The van der Waals surface area contributed by atoms with Crippen molar-refractivity contribution < 1.29 is 4.74 Å². The molecular weight excluding hydrogens is 278 g/mol. The van der Waals surface area contributed by atoms with E-state index in [9.17, 15) is 0 Å². The van der Waals surface area contributed by atoms with E-state index in [0.717, 1.165) is 5.75 Å². The molecule has 1 aromatic carbocycles. The maximum absolute atomic E-state index is 6.00. The first kappa shape index (κ1) is 16.1. The van der Waals surface area contributed by atoms with E-state index in [1.54, 1.807) is 11.3 Å². The molecule has 2 rings (SSSR count). The van der Waals surface area contributed by atoms with Crippen LogP contribution in [0.3, 0.4) is 0 Å². The van der Waals surface area contributed by atoms with Crippen molar-refractivity contribution in [3.05, 3.63) is 50.7 Å². The van der Waals surface area contributed by atoms with Crippen LogP contribution in [0.15, 0.2) is 24.3 Å². The van der Waals surface area contributed by atoms with Crippen LogP contribution in [0.4, 0.5) is 0 Å². The molecule has 0 aliphatic carbocycles. The lowest BCUT2D eigenvalue weighted by atomic mass is 9.86. The van der Waals surface area contributed by atoms with Gasteiger partial charge in [-0.3, -0.25) is 0 Å². The van der Waals surface area contributed by atoms with Crippen LogP contribution in [-0.2, 0) is 18.6 Å². The summed E-state index contributed by atoms with van der Waals surface area (Å²) in [6, 6.07) is 8.62. The van der Waals surface area contributed by atoms with Crippen molar-refractivity contribution in [2.24, 2.45) is 5.73 Å². The number of hydrogen-bond donors (Lipinski definition) is 1. The minimum Gasteiger partial charge on any atom is -0.489 e. The number of nitrogens with two attached hydrogens (primary N) is 1. The molecule has 2 N–H and O–H groups in total. The van der Waals surface area contributed by atoms with E-state index in [-0.39, 0.29) is 5.41 Å². The minimum atomic E-state index is 0.170. The van der Waals surface area contributed by atoms with Gasteiger partial charge in [-0.15, -0.1) is 11.3 Å². The number of rotatable bonds is 4. The van der Waals surface area contributed by atoms with E-state index in [2.05, 4.69) is 58.9 Å². The second kappa shape index (κ2) is 6.20. The largest absolute Gasteiger partial charge is 0.489 e. The highest BCUT2D eigenvalue weighted by Crippen LogP contribution is 2.29. The van der Waals surface area contributed by atoms with Crippen LogP contribution in [0.2, 0.25) is 0 Å². The minimum absolute atomic E-state index is 0.170. The number of ether oxygens (including phenoxy) is 1. The predicted molar refractivity (Wildman–Crippen MR) is 91.2 cm³/mol. The highest BCUT2D eigenvalue weighted by Gasteiger charge is 2.15. The summed E-state index contributed by atoms with van der Waals surface area (Å²) in [5.74, 6) is 0.961. The molecule has 0 aliphatic rings. The van der Waals surface area contributed by atoms with Crippen molar-refractivity contribution in [2.75, 3.05) is 0 Å². The zero-order chi connectivity index (χ0) is 15.6. The zero-order valence-electron chi connectivity index (χ0n) is 13.6. The average molecular weight is 303 g/mol. The third kappa shape index (κ3) is 3.86. The lowest BCUT2D eigenvalue weighted by molar-refractivity contribution is 0.303. The second-order valence-electron chi connectivity index (χ2n) is 6.52. The zero-order valence-corrected chi connectivity index (χ0v) is 14.4. The van der Waals surface area contributed by atoms with Gasteiger partial charge in [0.2, 0.25) is 0 Å². The van der Waals surface area contributed by atoms with Crippen molar-refractivity contribution in [3.8, 4) is 5.75 Å². The van der Waals surface area contributed by atoms with Crippen molar-refractivity contribution in [1.82, 2.24) is 0 Å². The molecule has 0 unspecified atom stereocenters. The van der Waals surface area contributed by atoms with Gasteiger partial charge in [0, 0.05) is 21.9 Å². The Labute approximate surface area is 132 Å². The molecule has 0 radical (unpaired) electrons. The van der Waals surface area contributed by atoms with Gasteiger partial charge in [0.25, 0.3) is 0 Å². The van der Waals surface area contributed by atoms with Gasteiger partial charge < -0.3 is 10.5 Å². The Morgan fingerprint density at radius 3 is 2.38 bits per heavy atom. The van der Waals surface area contributed by atoms with Crippen LogP contribution in [0.25, 0.3) is 0 Å². The summed E-state index contributed by atoms with van der Waals surface area (Å²) in [5.41, 5.74) is 9.62. The second-order valence-corrected chi connectivity index (χ2v) is 7.86. The quantitative estimate of drug-likeness (QED) is 0.888. The van der Waals surface area contributed by atoms with Crippen molar-refractivity contribution in [1.29, 1.82) is 0 Å². The topological polar surface area (TPSA) is 35.2 Å². The molecule has 21 heavy (non-hydrogen) atoms. The van der Waals surface area contributed by atoms with Crippen molar-refractivity contribution in [3.63, 3.8) is 0 Å². The maximum Gasteiger partial charge on any atom is 0.122 e. The van der Waals surface area contributed by atoms with Gasteiger partial charge in [0.05, 0.1) is 0 Å². The van der Waals surface area contributed by atoms with Crippen LogP contribution < -0.4 is 10.5 Å². The molecule has 3 heteroatoms. The summed E-state index contributed by atoms with van der Waals surface area (Å²) < 4.78 is 6.00. The summed E-state index contributed by atoms with van der Waals surface area (Å²) in [6.45, 7) is 12.1. The Morgan fingerprint density at radius 2 is 1.86 bits per heavy atom. The van der Waals surface area contributed by atoms with Crippen molar-refractivity contribution in [2.45, 2.75) is 53.2 Å². The molecule has 114 valence electrons. The van der Waals surface area contributed by atoms with Crippen molar-refractivity contribution >= 4 is 11.3 Å². The summed E-state index contributed by atoms with van der Waals surface area (Å²) in [7, 11) is 0. The fraction of sp³-hybridized carbons (Fsp3) is 0.444. The smallest absolute Gasteiger partial charge is 0.122 e. The Morgan fingerprint density at radius 1 is 1.14 bits per heavy atom. The van der Waals surface area contributed by atoms with Crippen LogP contribution in [0.1, 0.15) is 47.2 Å². The summed E-state index contributed by atoms with van der Waals surface area (Å²) in [5, 5.41) is 0. The predicted octanol–water partition coefficient (Wildman–Crippen LogP) is 4.70. The van der Waals surface area contributed by atoms with Crippen LogP contribution >= 0.6 is 11.3 Å². The summed E-state index contributed by atoms with van der Waals surface area (Å²) in [4.78, 5) is 2.50. The van der Waals surface area contributed by atoms with Gasteiger partial charge in [0.15, 0.2) is 0 Å². The lowest BCUT2D eigenvalue weighted by Gasteiger charge is -2.20. The van der Waals surface area contributed by atoms with E-state index in [0.29, 0.717) is 13.2 Å². The summed E-state index contributed by atoms with van der Waals surface area (Å²) in [6.07, 6.45) is 0. The third-order valence-corrected chi connectivity index (χ3v) is 4.81. The van der Waals surface area contributed by atoms with E-state index in [1.807, 2.05) is 0 Å². The Kier molecular flexibility index (Phi) is 4.74. The Balaban J connectivity index is 2.11. The molecule has 0 bridgehead atoms. The molecule has 0 saturated carbocycles. The summed E-state index contributed by atoms with van der Waals surface area (Å²) >= 11 is 1.75. The lowest BCUT2D eigenvalue weighted by Crippen LogP contribution is -2.11. The third-order valence-electron chi connectivity index (χ3n) is 3.70. The van der Waals surface area contributed by atoms with Crippen LogP contribution in [0, 0.1) is 13.8 Å². The molecule has 0 fully saturated rings. The number of thiophene rings is 1. The Hall–Kier alpha value is -1.32. The molecule has 0 aliphatic heterocycles. The number of benzene rings is 1. The molecular formula is C18H25NOS. The fourth-order valence-electron chi connectivity index (χ4n) is 2.26. The van der Waals surface area contributed by atoms with Gasteiger partial charge in [-0.05, 0) is 42.5 Å². The first-order valence-electron chi connectivity index (χ1n) is 7.33. The molecule has 2 aromatic rings. The molecule has 0 spiro atoms. The highest BCUT2D eigenvalue weighted by molar-refractivity contribution is 7.12. The van der Waals surface area contributed by atoms with Gasteiger partial charge in [0.1, 0.15) is 12.4 Å². The number of hydrogen-bond acceptors (Lipinski definition) is 3. The Bertz CT molecular complexity index is 623. The van der Waals surface area contributed by atoms with E-state index >= 15 is 0 Å². The average Bonchev–Trinajstić information content (AvgIpc) is 2.77. The van der Waals surface area contributed by atoms with Crippen LogP contribution in [0.5, 0.6) is 5.75 Å². The molecule has 1 heterocycles. The van der Waals surface area contributed by atoms with Gasteiger partial charge in [-0.1, -0.05) is 32.9 Å². The fourth-order valence-corrected chi connectivity index (χ4v) is 3.19. The molecule has 0 saturated heterocycles. The van der Waals surface area contributed by atoms with Gasteiger partial charge in [-0.2, -0.15) is 0 Å². The monoisotopic (exact) mass is 303 g/mol. The maximum atomic E-state index is 6.00. The van der Waals surface area contributed by atoms with Gasteiger partial charge >= 0.3 is 0 Å². The SMILES string of the molecule is Cc1cc(C(C)(C)C)ccc1OCc1cc(CN)sc1C. The van der Waals surface area contributed by atoms with Crippen LogP contribution in [-0.4, -0.2) is 0 Å². The molecule has 1 aromatic heterocycles. The number of aryl methyl sites for hydroxylation is 2. The normalized spacial score (nSPS) is 11.7. The van der Waals surface area contributed by atoms with E-state index < -0.39 is 0 Å². The standard InChI is InChI=1S/C18H25NOS/c1-12-8-15(18(3,4)5)6-7-17(12)20-11-14-9-16(10-19)21-13(14)2/h6-9H,10-11,19H2,1-5H3. The first-order chi connectivity index (χ1) is 9.81. The highest BCUT2D eigenvalue weighted by atomic mass is 32.1. The molecule has 0 amide bonds. The van der Waals surface area contributed by atoms with Gasteiger partial charge in [-0.25, -0.2) is 0 Å². The van der Waals surface area contributed by atoms with E-state index in [1.165, 1.54) is 26.4 Å².